The van der Waals surface area contributed by atoms with E-state index in [-0.39, 0.29) is 5.56 Å². The highest BCUT2D eigenvalue weighted by Gasteiger charge is 2.23. The number of methoxy groups -OCH3 is 1. The van der Waals surface area contributed by atoms with E-state index in [0.29, 0.717) is 24.4 Å². The van der Waals surface area contributed by atoms with Crippen molar-refractivity contribution in [2.45, 2.75) is 32.2 Å². The number of ether oxygens (including phenoxy) is 1. The summed E-state index contributed by atoms with van der Waals surface area (Å²) in [5.41, 5.74) is 3.68. The Bertz CT molecular complexity index is 1390. The predicted octanol–water partition coefficient (Wildman–Crippen LogP) is 4.47. The van der Waals surface area contributed by atoms with Gasteiger partial charge < -0.3 is 4.74 Å². The summed E-state index contributed by atoms with van der Waals surface area (Å²) in [5.74, 6) is 1.49. The third kappa shape index (κ3) is 3.51. The molecule has 0 spiro atoms. The van der Waals surface area contributed by atoms with Crippen LogP contribution in [0.15, 0.2) is 53.3 Å². The summed E-state index contributed by atoms with van der Waals surface area (Å²) in [6, 6.07) is 17.4. The SMILES string of the molecule is COc1ccccc1Cc1nc2sc3c(c2c(=O)n1Cc1cccc(C#N)c1)CCC3. The molecule has 0 atom stereocenters. The molecule has 2 aromatic carbocycles. The first-order valence-electron chi connectivity index (χ1n) is 10.3. The van der Waals surface area contributed by atoms with E-state index in [1.165, 1.54) is 10.4 Å². The monoisotopic (exact) mass is 427 g/mol. The average molecular weight is 428 g/mol. The van der Waals surface area contributed by atoms with Gasteiger partial charge in [0.05, 0.1) is 30.7 Å². The van der Waals surface area contributed by atoms with Gasteiger partial charge >= 0.3 is 0 Å². The van der Waals surface area contributed by atoms with Crippen LogP contribution in [0, 0.1) is 11.3 Å². The summed E-state index contributed by atoms with van der Waals surface area (Å²) < 4.78 is 7.30. The van der Waals surface area contributed by atoms with E-state index in [9.17, 15) is 10.1 Å². The Morgan fingerprint density at radius 1 is 1.19 bits per heavy atom. The molecule has 0 bridgehead atoms. The smallest absolute Gasteiger partial charge is 0.262 e. The summed E-state index contributed by atoms with van der Waals surface area (Å²) in [7, 11) is 1.65. The van der Waals surface area contributed by atoms with Crippen LogP contribution in [-0.4, -0.2) is 16.7 Å². The first kappa shape index (κ1) is 19.5. The standard InChI is InChI=1S/C25H21N3O2S/c1-30-20-10-3-2-8-18(20)13-22-27-24-23(19-9-5-11-21(19)31-24)25(29)28(22)15-17-7-4-6-16(12-17)14-26/h2-4,6-8,10,12H,5,9,11,13,15H2,1H3. The number of hydrogen-bond donors (Lipinski definition) is 0. The molecule has 0 saturated heterocycles. The maximum atomic E-state index is 13.7. The molecule has 2 aromatic heterocycles. The lowest BCUT2D eigenvalue weighted by Crippen LogP contribution is -2.26. The van der Waals surface area contributed by atoms with Crippen molar-refractivity contribution in [3.05, 3.63) is 91.8 Å². The van der Waals surface area contributed by atoms with Crippen LogP contribution < -0.4 is 10.3 Å². The minimum Gasteiger partial charge on any atom is -0.496 e. The molecule has 0 amide bonds. The zero-order valence-electron chi connectivity index (χ0n) is 17.2. The molecule has 154 valence electrons. The number of fused-ring (bicyclic) bond motifs is 3. The van der Waals surface area contributed by atoms with Crippen LogP contribution in [-0.2, 0) is 25.8 Å². The van der Waals surface area contributed by atoms with Gasteiger partial charge in [0.25, 0.3) is 5.56 Å². The molecule has 0 fully saturated rings. The van der Waals surface area contributed by atoms with Crippen molar-refractivity contribution in [1.29, 1.82) is 5.26 Å². The molecule has 0 radical (unpaired) electrons. The Balaban J connectivity index is 1.68. The molecule has 0 aliphatic heterocycles. The fraction of sp³-hybridized carbons (Fsp3) is 0.240. The second-order valence-electron chi connectivity index (χ2n) is 7.76. The van der Waals surface area contributed by atoms with Crippen molar-refractivity contribution in [2.24, 2.45) is 0 Å². The number of benzene rings is 2. The molecule has 0 N–H and O–H groups in total. The Morgan fingerprint density at radius 3 is 2.90 bits per heavy atom. The van der Waals surface area contributed by atoms with Gasteiger partial charge in [0.15, 0.2) is 0 Å². The highest BCUT2D eigenvalue weighted by molar-refractivity contribution is 7.18. The van der Waals surface area contributed by atoms with E-state index in [0.717, 1.165) is 46.4 Å². The lowest BCUT2D eigenvalue weighted by atomic mass is 10.1. The van der Waals surface area contributed by atoms with E-state index >= 15 is 0 Å². The van der Waals surface area contributed by atoms with Gasteiger partial charge in [0.1, 0.15) is 16.4 Å². The zero-order chi connectivity index (χ0) is 21.4. The predicted molar refractivity (Wildman–Crippen MR) is 122 cm³/mol. The van der Waals surface area contributed by atoms with Crippen LogP contribution in [0.3, 0.4) is 0 Å². The van der Waals surface area contributed by atoms with E-state index < -0.39 is 0 Å². The molecule has 31 heavy (non-hydrogen) atoms. The molecule has 5 nitrogen and oxygen atoms in total. The van der Waals surface area contributed by atoms with Crippen molar-refractivity contribution >= 4 is 21.6 Å². The quantitative estimate of drug-likeness (QED) is 0.471. The number of nitriles is 1. The largest absolute Gasteiger partial charge is 0.496 e. The van der Waals surface area contributed by atoms with Crippen LogP contribution in [0.5, 0.6) is 5.75 Å². The van der Waals surface area contributed by atoms with Crippen molar-refractivity contribution in [1.82, 2.24) is 9.55 Å². The van der Waals surface area contributed by atoms with Gasteiger partial charge in [-0.1, -0.05) is 30.3 Å². The van der Waals surface area contributed by atoms with Crippen LogP contribution >= 0.6 is 11.3 Å². The van der Waals surface area contributed by atoms with Gasteiger partial charge in [-0.15, -0.1) is 11.3 Å². The summed E-state index contributed by atoms with van der Waals surface area (Å²) in [4.78, 5) is 20.8. The molecule has 1 aliphatic rings. The zero-order valence-corrected chi connectivity index (χ0v) is 18.0. The second kappa shape index (κ2) is 8.01. The molecule has 5 rings (SSSR count). The molecule has 0 unspecified atom stereocenters. The molecule has 0 saturated carbocycles. The van der Waals surface area contributed by atoms with Crippen molar-refractivity contribution in [3.63, 3.8) is 0 Å². The minimum absolute atomic E-state index is 0.0108. The maximum absolute atomic E-state index is 13.7. The van der Waals surface area contributed by atoms with Crippen molar-refractivity contribution in [2.75, 3.05) is 7.11 Å². The summed E-state index contributed by atoms with van der Waals surface area (Å²) >= 11 is 1.66. The molecule has 4 aromatic rings. The number of aromatic nitrogens is 2. The third-order valence-corrected chi connectivity index (χ3v) is 7.03. The van der Waals surface area contributed by atoms with Crippen LogP contribution in [0.1, 0.15) is 39.4 Å². The van der Waals surface area contributed by atoms with Gasteiger partial charge in [-0.05, 0) is 48.6 Å². The van der Waals surface area contributed by atoms with Crippen molar-refractivity contribution < 1.29 is 4.74 Å². The number of rotatable bonds is 5. The normalized spacial score (nSPS) is 12.6. The Morgan fingerprint density at radius 2 is 2.06 bits per heavy atom. The Hall–Kier alpha value is -3.43. The number of aryl methyl sites for hydroxylation is 2. The maximum Gasteiger partial charge on any atom is 0.262 e. The fourth-order valence-corrected chi connectivity index (χ4v) is 5.63. The molecule has 6 heteroatoms. The number of para-hydroxylation sites is 1. The van der Waals surface area contributed by atoms with Crippen molar-refractivity contribution in [3.8, 4) is 11.8 Å². The summed E-state index contributed by atoms with van der Waals surface area (Å²) in [6.45, 7) is 0.381. The minimum atomic E-state index is 0.0108. The van der Waals surface area contributed by atoms with Gasteiger partial charge in [-0.25, -0.2) is 4.98 Å². The lowest BCUT2D eigenvalue weighted by molar-refractivity contribution is 0.410. The molecular formula is C25H21N3O2S. The van der Waals surface area contributed by atoms with Crippen LogP contribution in [0.4, 0.5) is 0 Å². The first-order valence-corrected chi connectivity index (χ1v) is 11.1. The molecule has 2 heterocycles. The number of hydrogen-bond acceptors (Lipinski definition) is 5. The lowest BCUT2D eigenvalue weighted by Gasteiger charge is -2.15. The molecule has 1 aliphatic carbocycles. The first-order chi connectivity index (χ1) is 15.2. The number of thiophene rings is 1. The van der Waals surface area contributed by atoms with Gasteiger partial charge in [0, 0.05) is 16.9 Å². The summed E-state index contributed by atoms with van der Waals surface area (Å²) in [5, 5.41) is 10.0. The second-order valence-corrected chi connectivity index (χ2v) is 8.84. The topological polar surface area (TPSA) is 67.9 Å². The molecular weight excluding hydrogens is 406 g/mol. The van der Waals surface area contributed by atoms with E-state index in [1.54, 1.807) is 29.1 Å². The van der Waals surface area contributed by atoms with Crippen LogP contribution in [0.2, 0.25) is 0 Å². The Labute approximate surface area is 184 Å². The highest BCUT2D eigenvalue weighted by atomic mass is 32.1. The van der Waals surface area contributed by atoms with Crippen LogP contribution in [0.25, 0.3) is 10.2 Å². The van der Waals surface area contributed by atoms with Gasteiger partial charge in [-0.2, -0.15) is 5.26 Å². The Kier molecular flexibility index (Phi) is 5.05. The van der Waals surface area contributed by atoms with E-state index in [1.807, 2.05) is 42.5 Å². The highest BCUT2D eigenvalue weighted by Crippen LogP contribution is 2.35. The van der Waals surface area contributed by atoms with E-state index in [2.05, 4.69) is 6.07 Å². The van der Waals surface area contributed by atoms with E-state index in [4.69, 9.17) is 9.72 Å². The fourth-order valence-electron chi connectivity index (χ4n) is 4.36. The van der Waals surface area contributed by atoms with Gasteiger partial charge in [-0.3, -0.25) is 9.36 Å². The third-order valence-electron chi connectivity index (χ3n) is 5.84. The summed E-state index contributed by atoms with van der Waals surface area (Å²) in [6.07, 6.45) is 3.57. The van der Waals surface area contributed by atoms with Gasteiger partial charge in [0.2, 0.25) is 0 Å². The number of nitrogens with zero attached hydrogens (tertiary/aromatic N) is 3. The average Bonchev–Trinajstić information content (AvgIpc) is 3.38.